The van der Waals surface area contributed by atoms with Gasteiger partial charge in [0.2, 0.25) is 0 Å². The molecule has 0 fully saturated rings. The highest BCUT2D eigenvalue weighted by molar-refractivity contribution is 5.14. The molecule has 0 amide bonds. The zero-order valence-corrected chi connectivity index (χ0v) is 4.40. The highest BCUT2D eigenvalue weighted by Gasteiger charge is 1.87. The van der Waals surface area contributed by atoms with E-state index in [0.717, 1.165) is 0 Å². The number of hydrogen-bond donors (Lipinski definition) is 1. The summed E-state index contributed by atoms with van der Waals surface area (Å²) in [7, 11) is 1.50. The number of hydrogen-bond acceptors (Lipinski definition) is 2. The zero-order valence-electron chi connectivity index (χ0n) is 4.40. The summed E-state index contributed by atoms with van der Waals surface area (Å²) in [5.41, 5.74) is 5.50. The molecule has 0 saturated heterocycles. The van der Waals surface area contributed by atoms with Crippen molar-refractivity contribution in [1.29, 1.82) is 0 Å². The van der Waals surface area contributed by atoms with Crippen LogP contribution in [0.5, 0.6) is 0 Å². The van der Waals surface area contributed by atoms with Crippen LogP contribution in [0.2, 0.25) is 0 Å². The van der Waals surface area contributed by atoms with Gasteiger partial charge in [0.1, 0.15) is 5.76 Å². The van der Waals surface area contributed by atoms with E-state index in [-0.39, 0.29) is 0 Å². The smallest absolute Gasteiger partial charge is 0.133 e. The van der Waals surface area contributed by atoms with Gasteiger partial charge in [-0.15, -0.1) is 0 Å². The van der Waals surface area contributed by atoms with Gasteiger partial charge in [-0.1, -0.05) is 13.2 Å². The molecular formula is C5H9NO. The number of ether oxygens (including phenoxy) is 1. The average Bonchev–Trinajstić information content (AvgIpc) is 1.65. The van der Waals surface area contributed by atoms with Crippen molar-refractivity contribution in [2.75, 3.05) is 7.11 Å². The van der Waals surface area contributed by atoms with Crippen molar-refractivity contribution in [1.82, 2.24) is 0 Å². The van der Waals surface area contributed by atoms with Crippen molar-refractivity contribution in [3.8, 4) is 0 Å². The fourth-order valence-corrected chi connectivity index (χ4v) is 0.131. The van der Waals surface area contributed by atoms with Crippen molar-refractivity contribution in [2.24, 2.45) is 5.73 Å². The Morgan fingerprint density at radius 2 is 2.00 bits per heavy atom. The van der Waals surface area contributed by atoms with Crippen LogP contribution in [-0.2, 0) is 4.74 Å². The van der Waals surface area contributed by atoms with E-state index in [0.29, 0.717) is 11.5 Å². The lowest BCUT2D eigenvalue weighted by atomic mass is 10.4. The summed E-state index contributed by atoms with van der Waals surface area (Å²) >= 11 is 0. The van der Waals surface area contributed by atoms with Crippen molar-refractivity contribution >= 4 is 0 Å². The Bertz CT molecular complexity index is 96.3. The molecule has 7 heavy (non-hydrogen) atoms. The third-order valence-corrected chi connectivity index (χ3v) is 0.605. The lowest BCUT2D eigenvalue weighted by Gasteiger charge is -1.98. The Labute approximate surface area is 43.3 Å². The van der Waals surface area contributed by atoms with Crippen LogP contribution in [0.3, 0.4) is 0 Å². The molecule has 0 unspecified atom stereocenters. The second kappa shape index (κ2) is 2.29. The van der Waals surface area contributed by atoms with Gasteiger partial charge in [0, 0.05) is 0 Å². The van der Waals surface area contributed by atoms with Gasteiger partial charge >= 0.3 is 0 Å². The fourth-order valence-electron chi connectivity index (χ4n) is 0.131. The summed E-state index contributed by atoms with van der Waals surface area (Å²) in [5.74, 6) is 0.431. The molecule has 0 heterocycles. The maximum atomic E-state index is 5.13. The summed E-state index contributed by atoms with van der Waals surface area (Å²) < 4.78 is 4.59. The monoisotopic (exact) mass is 99.1 g/mol. The Morgan fingerprint density at radius 1 is 1.57 bits per heavy atom. The standard InChI is InChI=1S/C5H9NO/c1-4(6)5(2)7-3/h1-2,6H2,3H3. The predicted molar refractivity (Wildman–Crippen MR) is 29.5 cm³/mol. The van der Waals surface area contributed by atoms with Crippen LogP contribution in [0, 0.1) is 0 Å². The maximum absolute atomic E-state index is 5.13. The first-order valence-corrected chi connectivity index (χ1v) is 1.86. The van der Waals surface area contributed by atoms with Gasteiger partial charge in [0.15, 0.2) is 0 Å². The topological polar surface area (TPSA) is 35.2 Å². The predicted octanol–water partition coefficient (Wildman–Crippen LogP) is 0.619. The lowest BCUT2D eigenvalue weighted by Crippen LogP contribution is -1.98. The molecule has 0 aromatic rings. The molecule has 0 aliphatic carbocycles. The average molecular weight is 99.1 g/mol. The quantitative estimate of drug-likeness (QED) is 0.407. The number of methoxy groups -OCH3 is 1. The molecule has 0 saturated carbocycles. The Kier molecular flexibility index (Phi) is 1.99. The largest absolute Gasteiger partial charge is 0.495 e. The Morgan fingerprint density at radius 3 is 2.00 bits per heavy atom. The Hall–Kier alpha value is -0.920. The summed E-state index contributed by atoms with van der Waals surface area (Å²) in [6.07, 6.45) is 0. The molecule has 0 aliphatic rings. The normalized spacial score (nSPS) is 7.57. The molecule has 0 radical (unpaired) electrons. The molecule has 0 atom stereocenters. The van der Waals surface area contributed by atoms with Crippen molar-refractivity contribution in [3.05, 3.63) is 24.6 Å². The third kappa shape index (κ3) is 1.87. The summed E-state index contributed by atoms with van der Waals surface area (Å²) in [6, 6.07) is 0. The van der Waals surface area contributed by atoms with E-state index in [1.165, 1.54) is 7.11 Å². The van der Waals surface area contributed by atoms with Gasteiger partial charge in [0.05, 0.1) is 12.8 Å². The summed E-state index contributed by atoms with van der Waals surface area (Å²) in [5, 5.41) is 0. The third-order valence-electron chi connectivity index (χ3n) is 0.605. The minimum absolute atomic E-state index is 0.377. The van der Waals surface area contributed by atoms with Crippen LogP contribution >= 0.6 is 0 Å². The molecular weight excluding hydrogens is 90.1 g/mol. The van der Waals surface area contributed by atoms with Crippen LogP contribution in [0.15, 0.2) is 24.6 Å². The van der Waals surface area contributed by atoms with Gasteiger partial charge in [0.25, 0.3) is 0 Å². The molecule has 2 heteroatoms. The van der Waals surface area contributed by atoms with E-state index < -0.39 is 0 Å². The van der Waals surface area contributed by atoms with Gasteiger partial charge in [-0.3, -0.25) is 0 Å². The molecule has 40 valence electrons. The van der Waals surface area contributed by atoms with E-state index in [9.17, 15) is 0 Å². The van der Waals surface area contributed by atoms with E-state index in [4.69, 9.17) is 5.73 Å². The SMILES string of the molecule is C=C(N)C(=C)OC. The van der Waals surface area contributed by atoms with Gasteiger partial charge in [-0.2, -0.15) is 0 Å². The van der Waals surface area contributed by atoms with Crippen LogP contribution in [-0.4, -0.2) is 7.11 Å². The first-order valence-electron chi connectivity index (χ1n) is 1.86. The van der Waals surface area contributed by atoms with Crippen molar-refractivity contribution < 1.29 is 4.74 Å². The molecule has 0 spiro atoms. The van der Waals surface area contributed by atoms with E-state index in [2.05, 4.69) is 17.9 Å². The maximum Gasteiger partial charge on any atom is 0.133 e. The van der Waals surface area contributed by atoms with E-state index in [1.54, 1.807) is 0 Å². The summed E-state index contributed by atoms with van der Waals surface area (Å²) in [4.78, 5) is 0. The first-order chi connectivity index (χ1) is 3.18. The van der Waals surface area contributed by atoms with Crippen LogP contribution in [0.25, 0.3) is 0 Å². The van der Waals surface area contributed by atoms with Crippen LogP contribution in [0.1, 0.15) is 0 Å². The number of nitrogens with two attached hydrogens (primary N) is 1. The molecule has 0 aromatic carbocycles. The van der Waals surface area contributed by atoms with Gasteiger partial charge in [-0.05, 0) is 0 Å². The van der Waals surface area contributed by atoms with E-state index >= 15 is 0 Å². The van der Waals surface area contributed by atoms with Crippen LogP contribution in [0.4, 0.5) is 0 Å². The molecule has 0 aliphatic heterocycles. The number of rotatable bonds is 2. The lowest BCUT2D eigenvalue weighted by molar-refractivity contribution is 0.302. The summed E-state index contributed by atoms with van der Waals surface area (Å²) in [6.45, 7) is 6.81. The van der Waals surface area contributed by atoms with E-state index in [1.807, 2.05) is 0 Å². The van der Waals surface area contributed by atoms with Gasteiger partial charge < -0.3 is 10.5 Å². The minimum Gasteiger partial charge on any atom is -0.495 e. The van der Waals surface area contributed by atoms with Crippen molar-refractivity contribution in [2.45, 2.75) is 0 Å². The fraction of sp³-hybridized carbons (Fsp3) is 0.200. The van der Waals surface area contributed by atoms with Crippen LogP contribution < -0.4 is 5.73 Å². The first kappa shape index (κ1) is 6.08. The zero-order chi connectivity index (χ0) is 5.86. The van der Waals surface area contributed by atoms with Crippen molar-refractivity contribution in [3.63, 3.8) is 0 Å². The molecule has 0 bridgehead atoms. The highest BCUT2D eigenvalue weighted by Crippen LogP contribution is 1.94. The second-order valence-electron chi connectivity index (χ2n) is 1.15. The Balaban J connectivity index is 3.58. The second-order valence-corrected chi connectivity index (χ2v) is 1.15. The molecule has 0 rings (SSSR count). The minimum atomic E-state index is 0.377. The molecule has 2 N–H and O–H groups in total. The highest BCUT2D eigenvalue weighted by atomic mass is 16.5. The molecule has 2 nitrogen and oxygen atoms in total. The molecule has 0 aromatic heterocycles. The van der Waals surface area contributed by atoms with Gasteiger partial charge in [-0.25, -0.2) is 0 Å².